The van der Waals surface area contributed by atoms with E-state index in [1.165, 1.54) is 6.08 Å². The maximum absolute atomic E-state index is 12.7. The first kappa shape index (κ1) is 21.4. The minimum absolute atomic E-state index is 0.113. The molecular weight excluding hydrogens is 354 g/mol. The van der Waals surface area contributed by atoms with Crippen LogP contribution in [0.5, 0.6) is 0 Å². The molecule has 0 radical (unpaired) electrons. The Hall–Kier alpha value is -2.89. The molecule has 0 aliphatic carbocycles. The second-order valence-electron chi connectivity index (χ2n) is 6.67. The molecule has 2 aromatic heterocycles. The molecule has 2 rings (SSSR count). The van der Waals surface area contributed by atoms with Crippen LogP contribution in [0, 0.1) is 13.8 Å². The van der Waals surface area contributed by atoms with Gasteiger partial charge in [-0.15, -0.1) is 0 Å². The van der Waals surface area contributed by atoms with Gasteiger partial charge < -0.3 is 14.2 Å². The van der Waals surface area contributed by atoms with Gasteiger partial charge in [0.1, 0.15) is 0 Å². The molecule has 2 aromatic rings. The number of ether oxygens (including phenoxy) is 1. The molecule has 0 spiro atoms. The lowest BCUT2D eigenvalue weighted by Crippen LogP contribution is -2.28. The van der Waals surface area contributed by atoms with E-state index in [0.29, 0.717) is 12.2 Å². The van der Waals surface area contributed by atoms with Crippen LogP contribution in [0.1, 0.15) is 59.7 Å². The highest BCUT2D eigenvalue weighted by molar-refractivity contribution is 5.98. The Morgan fingerprint density at radius 3 is 2.57 bits per heavy atom. The van der Waals surface area contributed by atoms with Crippen LogP contribution in [0.2, 0.25) is 0 Å². The minimum atomic E-state index is -0.362. The fraction of sp³-hybridized carbons (Fsp3) is 0.409. The van der Waals surface area contributed by atoms with E-state index in [-0.39, 0.29) is 17.9 Å². The monoisotopic (exact) mass is 383 g/mol. The number of esters is 1. The van der Waals surface area contributed by atoms with Gasteiger partial charge in [0, 0.05) is 49.0 Å². The van der Waals surface area contributed by atoms with Crippen LogP contribution in [0.15, 0.2) is 30.6 Å². The molecule has 6 nitrogen and oxygen atoms in total. The highest BCUT2D eigenvalue weighted by atomic mass is 16.5. The molecule has 150 valence electrons. The molecule has 0 aliphatic heterocycles. The van der Waals surface area contributed by atoms with Crippen molar-refractivity contribution in [3.8, 4) is 0 Å². The van der Waals surface area contributed by atoms with Crippen LogP contribution in [0.3, 0.4) is 0 Å². The van der Waals surface area contributed by atoms with Gasteiger partial charge in [0.2, 0.25) is 5.91 Å². The number of rotatable bonds is 7. The summed E-state index contributed by atoms with van der Waals surface area (Å²) in [5.74, 6) is -0.507. The van der Waals surface area contributed by atoms with Gasteiger partial charge in [0.15, 0.2) is 0 Å². The van der Waals surface area contributed by atoms with Crippen molar-refractivity contribution >= 4 is 18.0 Å². The second kappa shape index (κ2) is 9.35. The third kappa shape index (κ3) is 4.32. The zero-order valence-electron chi connectivity index (χ0n) is 17.5. The van der Waals surface area contributed by atoms with Crippen molar-refractivity contribution in [1.82, 2.24) is 14.5 Å². The number of likely N-dealkylation sites (N-methyl/N-ethyl adjacent to an activating group) is 1. The highest BCUT2D eigenvalue weighted by Crippen LogP contribution is 2.25. The SMILES string of the molecule is CCOC(=O)c1c(C=CC(=O)N(C)C(C)c2cccnc2)c(C)n(CC)c1C. The van der Waals surface area contributed by atoms with Gasteiger partial charge in [-0.05, 0) is 52.3 Å². The van der Waals surface area contributed by atoms with Crippen molar-refractivity contribution in [1.29, 1.82) is 0 Å². The smallest absolute Gasteiger partial charge is 0.340 e. The van der Waals surface area contributed by atoms with Gasteiger partial charge in [-0.25, -0.2) is 4.79 Å². The summed E-state index contributed by atoms with van der Waals surface area (Å²) in [5, 5.41) is 0. The van der Waals surface area contributed by atoms with E-state index >= 15 is 0 Å². The van der Waals surface area contributed by atoms with Gasteiger partial charge >= 0.3 is 5.97 Å². The van der Waals surface area contributed by atoms with Crippen molar-refractivity contribution < 1.29 is 14.3 Å². The van der Waals surface area contributed by atoms with Crippen LogP contribution in [-0.2, 0) is 16.1 Å². The van der Waals surface area contributed by atoms with Crippen LogP contribution >= 0.6 is 0 Å². The fourth-order valence-corrected chi connectivity index (χ4v) is 3.36. The number of hydrogen-bond acceptors (Lipinski definition) is 4. The molecule has 1 amide bonds. The quantitative estimate of drug-likeness (QED) is 0.537. The lowest BCUT2D eigenvalue weighted by Gasteiger charge is -2.23. The predicted molar refractivity (Wildman–Crippen MR) is 110 cm³/mol. The molecule has 2 heterocycles. The summed E-state index contributed by atoms with van der Waals surface area (Å²) < 4.78 is 7.28. The third-order valence-corrected chi connectivity index (χ3v) is 5.11. The van der Waals surface area contributed by atoms with Gasteiger partial charge in [-0.3, -0.25) is 9.78 Å². The molecule has 0 saturated carbocycles. The minimum Gasteiger partial charge on any atom is -0.462 e. The molecular formula is C22H29N3O3. The van der Waals surface area contributed by atoms with Crippen LogP contribution in [0.25, 0.3) is 6.08 Å². The number of pyridine rings is 1. The number of hydrogen-bond donors (Lipinski definition) is 0. The van der Waals surface area contributed by atoms with Gasteiger partial charge in [0.25, 0.3) is 0 Å². The fourth-order valence-electron chi connectivity index (χ4n) is 3.36. The summed E-state index contributed by atoms with van der Waals surface area (Å²) in [5.41, 5.74) is 4.00. The number of carbonyl (C=O) groups is 2. The summed E-state index contributed by atoms with van der Waals surface area (Å²) in [6.45, 7) is 10.7. The summed E-state index contributed by atoms with van der Waals surface area (Å²) in [6, 6.07) is 3.68. The Morgan fingerprint density at radius 2 is 2.00 bits per heavy atom. The summed E-state index contributed by atoms with van der Waals surface area (Å²) in [4.78, 5) is 30.9. The second-order valence-corrected chi connectivity index (χ2v) is 6.67. The van der Waals surface area contributed by atoms with Crippen molar-refractivity contribution in [2.75, 3.05) is 13.7 Å². The van der Waals surface area contributed by atoms with Crippen molar-refractivity contribution in [3.05, 3.63) is 58.7 Å². The molecule has 0 bridgehead atoms. The number of carbonyl (C=O) groups excluding carboxylic acids is 2. The first-order valence-electron chi connectivity index (χ1n) is 9.54. The van der Waals surface area contributed by atoms with Crippen LogP contribution in [0.4, 0.5) is 0 Å². The van der Waals surface area contributed by atoms with E-state index in [1.807, 2.05) is 39.8 Å². The first-order chi connectivity index (χ1) is 13.3. The topological polar surface area (TPSA) is 64.4 Å². The largest absolute Gasteiger partial charge is 0.462 e. The van der Waals surface area contributed by atoms with E-state index in [1.54, 1.807) is 37.3 Å². The van der Waals surface area contributed by atoms with E-state index in [2.05, 4.69) is 9.55 Å². The number of aromatic nitrogens is 2. The van der Waals surface area contributed by atoms with E-state index in [0.717, 1.165) is 29.1 Å². The normalized spacial score (nSPS) is 12.2. The standard InChI is InChI=1S/C22H29N3O3/c1-7-25-16(4)19(21(17(25)5)22(27)28-8-2)11-12-20(26)24(6)15(3)18-10-9-13-23-14-18/h9-15H,7-8H2,1-6H3. The summed E-state index contributed by atoms with van der Waals surface area (Å²) in [7, 11) is 1.76. The Labute approximate surface area is 166 Å². The lowest BCUT2D eigenvalue weighted by atomic mass is 10.1. The van der Waals surface area contributed by atoms with Gasteiger partial charge in [0.05, 0.1) is 18.2 Å². The number of nitrogens with zero attached hydrogens (tertiary/aromatic N) is 3. The molecule has 1 atom stereocenters. The molecule has 1 unspecified atom stereocenters. The highest BCUT2D eigenvalue weighted by Gasteiger charge is 2.22. The predicted octanol–water partition coefficient (Wildman–Crippen LogP) is 3.93. The lowest BCUT2D eigenvalue weighted by molar-refractivity contribution is -0.126. The van der Waals surface area contributed by atoms with E-state index < -0.39 is 0 Å². The summed E-state index contributed by atoms with van der Waals surface area (Å²) >= 11 is 0. The van der Waals surface area contributed by atoms with Gasteiger partial charge in [-0.1, -0.05) is 6.07 Å². The van der Waals surface area contributed by atoms with Crippen molar-refractivity contribution in [2.45, 2.75) is 47.2 Å². The molecule has 0 N–H and O–H groups in total. The molecule has 6 heteroatoms. The third-order valence-electron chi connectivity index (χ3n) is 5.11. The Morgan fingerprint density at radius 1 is 1.29 bits per heavy atom. The molecule has 0 aliphatic rings. The number of amides is 1. The Balaban J connectivity index is 2.32. The van der Waals surface area contributed by atoms with Crippen LogP contribution in [-0.4, -0.2) is 40.0 Å². The maximum atomic E-state index is 12.7. The van der Waals surface area contributed by atoms with Gasteiger partial charge in [-0.2, -0.15) is 0 Å². The molecule has 0 fully saturated rings. The Kier molecular flexibility index (Phi) is 7.15. The first-order valence-corrected chi connectivity index (χ1v) is 9.54. The Bertz CT molecular complexity index is 869. The maximum Gasteiger partial charge on any atom is 0.340 e. The van der Waals surface area contributed by atoms with Crippen molar-refractivity contribution in [2.24, 2.45) is 0 Å². The summed E-state index contributed by atoms with van der Waals surface area (Å²) in [6.07, 6.45) is 6.69. The zero-order valence-corrected chi connectivity index (χ0v) is 17.5. The van der Waals surface area contributed by atoms with E-state index in [9.17, 15) is 9.59 Å². The molecule has 0 aromatic carbocycles. The van der Waals surface area contributed by atoms with Crippen LogP contribution < -0.4 is 0 Å². The zero-order chi connectivity index (χ0) is 20.8. The molecule has 0 saturated heterocycles. The van der Waals surface area contributed by atoms with E-state index in [4.69, 9.17) is 4.74 Å². The molecule has 28 heavy (non-hydrogen) atoms. The average Bonchev–Trinajstić information content (AvgIpc) is 2.94. The average molecular weight is 383 g/mol. The van der Waals surface area contributed by atoms with Crippen molar-refractivity contribution in [3.63, 3.8) is 0 Å².